The van der Waals surface area contributed by atoms with Gasteiger partial charge in [0.1, 0.15) is 0 Å². The molecule has 1 aliphatic heterocycles. The number of ketones is 1. The number of aryl methyl sites for hydroxylation is 2. The molecule has 4 rings (SSSR count). The van der Waals surface area contributed by atoms with E-state index in [1.54, 1.807) is 4.90 Å². The SMILES string of the molecule is Cc1ccc(N2CC(C(=O)Nc3nc4c(s3)C(=O)CC(C)(C)C4)CC2=O)c(C)c1. The minimum Gasteiger partial charge on any atom is -0.311 e. The summed E-state index contributed by atoms with van der Waals surface area (Å²) < 4.78 is 0. The number of hydrogen-bond donors (Lipinski definition) is 1. The van der Waals surface area contributed by atoms with Crippen LogP contribution < -0.4 is 10.2 Å². The van der Waals surface area contributed by atoms with E-state index in [0.29, 0.717) is 23.0 Å². The van der Waals surface area contributed by atoms with Crippen molar-refractivity contribution in [2.75, 3.05) is 16.8 Å². The highest BCUT2D eigenvalue weighted by Crippen LogP contribution is 2.38. The van der Waals surface area contributed by atoms with Gasteiger partial charge in [-0.1, -0.05) is 42.9 Å². The molecule has 2 heterocycles. The van der Waals surface area contributed by atoms with E-state index >= 15 is 0 Å². The van der Waals surface area contributed by atoms with E-state index in [1.807, 2.05) is 32.0 Å². The van der Waals surface area contributed by atoms with Gasteiger partial charge < -0.3 is 10.2 Å². The third-order valence-electron chi connectivity index (χ3n) is 5.60. The molecule has 152 valence electrons. The largest absolute Gasteiger partial charge is 0.311 e. The molecule has 1 N–H and O–H groups in total. The zero-order valence-corrected chi connectivity index (χ0v) is 18.0. The maximum atomic E-state index is 12.8. The van der Waals surface area contributed by atoms with E-state index in [9.17, 15) is 14.4 Å². The van der Waals surface area contributed by atoms with Crippen LogP contribution in [0.1, 0.15) is 53.2 Å². The molecule has 2 amide bonds. The lowest BCUT2D eigenvalue weighted by Crippen LogP contribution is -2.28. The Morgan fingerprint density at radius 3 is 2.72 bits per heavy atom. The molecule has 0 saturated carbocycles. The van der Waals surface area contributed by atoms with E-state index < -0.39 is 5.92 Å². The second kappa shape index (κ2) is 7.06. The number of thiazole rings is 1. The molecule has 1 aliphatic carbocycles. The Hall–Kier alpha value is -2.54. The Bertz CT molecular complexity index is 1020. The number of benzene rings is 1. The van der Waals surface area contributed by atoms with Crippen molar-refractivity contribution >= 4 is 39.8 Å². The van der Waals surface area contributed by atoms with Crippen molar-refractivity contribution in [1.29, 1.82) is 0 Å². The van der Waals surface area contributed by atoms with Crippen molar-refractivity contribution in [2.45, 2.75) is 47.0 Å². The second-order valence-electron chi connectivity index (χ2n) is 8.92. The van der Waals surface area contributed by atoms with Crippen LogP contribution in [0.25, 0.3) is 0 Å². The standard InChI is InChI=1S/C22H25N3O3S/c1-12-5-6-16(13(2)7-12)25-11-14(8-18(25)27)20(28)24-21-23-15-9-22(3,4)10-17(26)19(15)29-21/h5-7,14H,8-11H2,1-4H3,(H,23,24,28). The van der Waals surface area contributed by atoms with Gasteiger partial charge in [0, 0.05) is 25.1 Å². The van der Waals surface area contributed by atoms with E-state index in [4.69, 9.17) is 0 Å². The van der Waals surface area contributed by atoms with Crippen LogP contribution in [0.5, 0.6) is 0 Å². The fraction of sp³-hybridized carbons (Fsp3) is 0.455. The highest BCUT2D eigenvalue weighted by Gasteiger charge is 2.37. The highest BCUT2D eigenvalue weighted by molar-refractivity contribution is 7.17. The zero-order chi connectivity index (χ0) is 20.9. The summed E-state index contributed by atoms with van der Waals surface area (Å²) in [5.41, 5.74) is 3.68. The quantitative estimate of drug-likeness (QED) is 0.831. The van der Waals surface area contributed by atoms with Gasteiger partial charge in [-0.2, -0.15) is 0 Å². The van der Waals surface area contributed by atoms with Crippen molar-refractivity contribution in [3.8, 4) is 0 Å². The van der Waals surface area contributed by atoms with Gasteiger partial charge in [0.05, 0.1) is 16.5 Å². The first-order valence-corrected chi connectivity index (χ1v) is 10.7. The van der Waals surface area contributed by atoms with Crippen LogP contribution in [0, 0.1) is 25.2 Å². The second-order valence-corrected chi connectivity index (χ2v) is 9.92. The van der Waals surface area contributed by atoms with Gasteiger partial charge in [-0.15, -0.1) is 0 Å². The summed E-state index contributed by atoms with van der Waals surface area (Å²) in [5, 5.41) is 3.29. The highest BCUT2D eigenvalue weighted by atomic mass is 32.1. The number of carbonyl (C=O) groups is 3. The lowest BCUT2D eigenvalue weighted by Gasteiger charge is -2.26. The number of amides is 2. The molecule has 2 aromatic rings. The minimum absolute atomic E-state index is 0.0486. The van der Waals surface area contributed by atoms with Crippen molar-refractivity contribution in [3.63, 3.8) is 0 Å². The van der Waals surface area contributed by atoms with Crippen molar-refractivity contribution in [3.05, 3.63) is 39.9 Å². The van der Waals surface area contributed by atoms with Crippen LogP contribution in [-0.2, 0) is 16.0 Å². The molecule has 2 aliphatic rings. The number of nitrogens with one attached hydrogen (secondary N) is 1. The maximum absolute atomic E-state index is 12.8. The van der Waals surface area contributed by atoms with Crippen molar-refractivity contribution in [1.82, 2.24) is 4.98 Å². The van der Waals surface area contributed by atoms with E-state index in [1.165, 1.54) is 11.3 Å². The Morgan fingerprint density at radius 2 is 2.00 bits per heavy atom. The molecule has 1 aromatic carbocycles. The first-order chi connectivity index (χ1) is 13.6. The number of rotatable bonds is 3. The number of hydrogen-bond acceptors (Lipinski definition) is 5. The molecule has 1 aromatic heterocycles. The Kier molecular flexibility index (Phi) is 4.81. The van der Waals surface area contributed by atoms with Crippen LogP contribution in [0.3, 0.4) is 0 Å². The molecule has 6 nitrogen and oxygen atoms in total. The van der Waals surface area contributed by atoms with Gasteiger partial charge in [0.15, 0.2) is 10.9 Å². The monoisotopic (exact) mass is 411 g/mol. The lowest BCUT2D eigenvalue weighted by atomic mass is 9.78. The number of nitrogens with zero attached hydrogens (tertiary/aromatic N) is 2. The van der Waals surface area contributed by atoms with Gasteiger partial charge in [-0.25, -0.2) is 4.98 Å². The summed E-state index contributed by atoms with van der Waals surface area (Å²) in [6.07, 6.45) is 1.40. The van der Waals surface area contributed by atoms with Gasteiger partial charge in [-0.05, 0) is 37.3 Å². The summed E-state index contributed by atoms with van der Waals surface area (Å²) >= 11 is 1.24. The minimum atomic E-state index is -0.434. The molecule has 0 bridgehead atoms. The Labute approximate surface area is 174 Å². The zero-order valence-electron chi connectivity index (χ0n) is 17.2. The van der Waals surface area contributed by atoms with Crippen molar-refractivity contribution in [2.24, 2.45) is 11.3 Å². The fourth-order valence-corrected chi connectivity index (χ4v) is 5.13. The number of anilines is 2. The molecule has 1 atom stereocenters. The smallest absolute Gasteiger partial charge is 0.231 e. The van der Waals surface area contributed by atoms with Crippen LogP contribution >= 0.6 is 11.3 Å². The molecule has 1 unspecified atom stereocenters. The lowest BCUT2D eigenvalue weighted by molar-refractivity contribution is -0.122. The average molecular weight is 412 g/mol. The first kappa shape index (κ1) is 19.8. The summed E-state index contributed by atoms with van der Waals surface area (Å²) in [7, 11) is 0. The number of Topliss-reactive ketones (excluding diaryl/α,β-unsaturated/α-hetero) is 1. The van der Waals surface area contributed by atoms with E-state index in [2.05, 4.69) is 24.1 Å². The fourth-order valence-electron chi connectivity index (χ4n) is 4.21. The molecular weight excluding hydrogens is 386 g/mol. The van der Waals surface area contributed by atoms with Crippen molar-refractivity contribution < 1.29 is 14.4 Å². The van der Waals surface area contributed by atoms with Crippen LogP contribution in [0.15, 0.2) is 18.2 Å². The molecule has 0 radical (unpaired) electrons. The van der Waals surface area contributed by atoms with E-state index in [-0.39, 0.29) is 29.4 Å². The molecule has 1 saturated heterocycles. The van der Waals surface area contributed by atoms with Gasteiger partial charge in [0.2, 0.25) is 11.8 Å². The third kappa shape index (κ3) is 3.83. The molecule has 7 heteroatoms. The summed E-state index contributed by atoms with van der Waals surface area (Å²) in [4.78, 5) is 44.5. The molecule has 1 fully saturated rings. The van der Waals surface area contributed by atoms with Gasteiger partial charge >= 0.3 is 0 Å². The predicted molar refractivity (Wildman–Crippen MR) is 114 cm³/mol. The van der Waals surface area contributed by atoms with Crippen LogP contribution in [0.2, 0.25) is 0 Å². The Morgan fingerprint density at radius 1 is 1.24 bits per heavy atom. The average Bonchev–Trinajstić information content (AvgIpc) is 3.17. The van der Waals surface area contributed by atoms with E-state index in [0.717, 1.165) is 28.9 Å². The summed E-state index contributed by atoms with van der Waals surface area (Å²) in [6.45, 7) is 8.44. The number of carbonyl (C=O) groups excluding carboxylic acids is 3. The van der Waals surface area contributed by atoms with Gasteiger partial charge in [0.25, 0.3) is 0 Å². The summed E-state index contributed by atoms with van der Waals surface area (Å²) in [6, 6.07) is 5.95. The topological polar surface area (TPSA) is 79.4 Å². The normalized spacial score (nSPS) is 20.7. The molecule has 29 heavy (non-hydrogen) atoms. The first-order valence-electron chi connectivity index (χ1n) is 9.84. The maximum Gasteiger partial charge on any atom is 0.231 e. The number of aromatic nitrogens is 1. The molecular formula is C22H25N3O3S. The van der Waals surface area contributed by atoms with Gasteiger partial charge in [-0.3, -0.25) is 14.4 Å². The van der Waals surface area contributed by atoms with Crippen LogP contribution in [0.4, 0.5) is 10.8 Å². The molecule has 0 spiro atoms. The third-order valence-corrected chi connectivity index (χ3v) is 6.66. The Balaban J connectivity index is 1.48. The number of fused-ring (bicyclic) bond motifs is 1. The summed E-state index contributed by atoms with van der Waals surface area (Å²) in [5.74, 6) is -0.613. The van der Waals surface area contributed by atoms with Crippen LogP contribution in [-0.4, -0.2) is 29.1 Å². The predicted octanol–water partition coefficient (Wildman–Crippen LogP) is 3.91.